The molecule has 1 rings (SSSR count). The van der Waals surface area contributed by atoms with E-state index in [0.29, 0.717) is 0 Å². The smallest absolute Gasteiger partial charge is 0.408 e. The lowest BCUT2D eigenvalue weighted by atomic mass is 9.80. The summed E-state index contributed by atoms with van der Waals surface area (Å²) in [7, 11) is -0.653. The molecule has 1 aromatic rings. The lowest BCUT2D eigenvalue weighted by Gasteiger charge is -2.34. The predicted molar refractivity (Wildman–Crippen MR) is 120 cm³/mol. The van der Waals surface area contributed by atoms with Gasteiger partial charge in [0.2, 0.25) is 0 Å². The minimum atomic E-state index is -2.43. The highest BCUT2D eigenvalue weighted by Crippen LogP contribution is 2.37. The van der Waals surface area contributed by atoms with E-state index in [4.69, 9.17) is 21.5 Å². The molecule has 4 heteroatoms. The van der Waals surface area contributed by atoms with Crippen LogP contribution in [0.15, 0.2) is 18.2 Å². The number of benzene rings is 1. The first-order chi connectivity index (χ1) is 11.8. The fourth-order valence-electron chi connectivity index (χ4n) is 2.99. The Bertz CT molecular complexity index is 574. The molecule has 0 spiro atoms. The van der Waals surface area contributed by atoms with Crippen molar-refractivity contribution in [2.45, 2.75) is 96.4 Å². The molecule has 0 aliphatic rings. The van der Waals surface area contributed by atoms with E-state index in [1.807, 2.05) is 0 Å². The lowest BCUT2D eigenvalue weighted by molar-refractivity contribution is 0.297. The molecule has 0 saturated carbocycles. The van der Waals surface area contributed by atoms with Crippen LogP contribution in [0.5, 0.6) is 5.75 Å². The molecule has 0 aliphatic carbocycles. The van der Waals surface area contributed by atoms with E-state index in [0.717, 1.165) is 12.2 Å². The quantitative estimate of drug-likeness (QED) is 0.296. The Balaban J connectivity index is 3.20. The predicted octanol–water partition coefficient (Wildman–Crippen LogP) is 6.80. The molecule has 2 nitrogen and oxygen atoms in total. The van der Waals surface area contributed by atoms with Crippen molar-refractivity contribution < 1.29 is 8.85 Å². The summed E-state index contributed by atoms with van der Waals surface area (Å²) in [5.74, 6) is 0.955. The van der Waals surface area contributed by atoms with Gasteiger partial charge in [0.15, 0.2) is 0 Å². The molecular weight excluding hydrogens is 356 g/mol. The van der Waals surface area contributed by atoms with Crippen molar-refractivity contribution in [2.75, 3.05) is 7.11 Å². The molecule has 0 fully saturated rings. The molecule has 0 bridgehead atoms. The summed E-state index contributed by atoms with van der Waals surface area (Å²) in [6.07, 6.45) is 4.67. The lowest BCUT2D eigenvalue weighted by Crippen LogP contribution is -2.50. The number of hydrogen-bond acceptors (Lipinski definition) is 3. The van der Waals surface area contributed by atoms with Gasteiger partial charge in [-0.3, -0.25) is 0 Å². The van der Waals surface area contributed by atoms with Crippen molar-refractivity contribution in [1.29, 1.82) is 0 Å². The maximum atomic E-state index is 6.61. The van der Waals surface area contributed by atoms with E-state index < -0.39 is 8.56 Å². The van der Waals surface area contributed by atoms with Crippen LogP contribution in [0.25, 0.3) is 0 Å². The Morgan fingerprint density at radius 1 is 1.04 bits per heavy atom. The topological polar surface area (TPSA) is 18.5 Å². The normalized spacial score (nSPS) is 16.2. The van der Waals surface area contributed by atoms with Crippen LogP contribution in [-0.2, 0) is 15.3 Å². The average molecular weight is 397 g/mol. The van der Waals surface area contributed by atoms with Crippen molar-refractivity contribution >= 4 is 21.2 Å². The highest BCUT2D eigenvalue weighted by molar-refractivity contribution is 7.83. The third-order valence-corrected chi connectivity index (χ3v) is 9.66. The second-order valence-electron chi connectivity index (χ2n) is 9.54. The first-order valence-corrected chi connectivity index (χ1v) is 12.8. The second-order valence-corrected chi connectivity index (χ2v) is 14.0. The van der Waals surface area contributed by atoms with Crippen LogP contribution in [0.2, 0.25) is 6.55 Å². The third kappa shape index (κ3) is 6.31. The van der Waals surface area contributed by atoms with E-state index in [1.165, 1.54) is 30.4 Å². The van der Waals surface area contributed by atoms with Crippen LogP contribution in [0.4, 0.5) is 0 Å². The molecule has 26 heavy (non-hydrogen) atoms. The Morgan fingerprint density at radius 2 is 1.65 bits per heavy atom. The summed E-state index contributed by atoms with van der Waals surface area (Å²) in [5.41, 5.74) is 2.71. The summed E-state index contributed by atoms with van der Waals surface area (Å²) in [5, 5.41) is 0. The first kappa shape index (κ1) is 23.6. The van der Waals surface area contributed by atoms with Gasteiger partial charge in [0.05, 0.1) is 4.87 Å². The van der Waals surface area contributed by atoms with Crippen molar-refractivity contribution in [3.63, 3.8) is 0 Å². The van der Waals surface area contributed by atoms with E-state index in [1.54, 1.807) is 7.11 Å². The van der Waals surface area contributed by atoms with E-state index in [9.17, 15) is 0 Å². The SMILES string of the molecule is CCCCCC(S)[Si](C)(OC)Oc1ccc(C(C)(C)C)cc1C(C)(C)C. The zero-order chi connectivity index (χ0) is 20.2. The summed E-state index contributed by atoms with van der Waals surface area (Å²) < 4.78 is 12.5. The van der Waals surface area contributed by atoms with Gasteiger partial charge in [-0.1, -0.05) is 79.9 Å². The van der Waals surface area contributed by atoms with Gasteiger partial charge in [0, 0.05) is 7.11 Å². The summed E-state index contributed by atoms with van der Waals surface area (Å²) in [6, 6.07) is 6.64. The van der Waals surface area contributed by atoms with Gasteiger partial charge in [0.25, 0.3) is 0 Å². The summed E-state index contributed by atoms with van der Waals surface area (Å²) in [6.45, 7) is 17.8. The fourth-order valence-corrected chi connectivity index (χ4v) is 5.48. The van der Waals surface area contributed by atoms with Crippen LogP contribution in [0, 0.1) is 0 Å². The second kappa shape index (κ2) is 9.16. The van der Waals surface area contributed by atoms with Crippen LogP contribution >= 0.6 is 12.6 Å². The molecule has 0 aliphatic heterocycles. The summed E-state index contributed by atoms with van der Waals surface area (Å²) >= 11 is 4.88. The highest BCUT2D eigenvalue weighted by atomic mass is 32.1. The molecule has 0 heterocycles. The molecule has 0 aromatic heterocycles. The number of hydrogen-bond donors (Lipinski definition) is 1. The van der Waals surface area contributed by atoms with Gasteiger partial charge in [-0.15, -0.1) is 0 Å². The van der Waals surface area contributed by atoms with E-state index in [-0.39, 0.29) is 15.7 Å². The molecule has 0 radical (unpaired) electrons. The number of unbranched alkanes of at least 4 members (excludes halogenated alkanes) is 2. The maximum absolute atomic E-state index is 6.61. The van der Waals surface area contributed by atoms with Crippen LogP contribution < -0.4 is 4.43 Å². The summed E-state index contributed by atoms with van der Waals surface area (Å²) in [4.78, 5) is 0.161. The average Bonchev–Trinajstić information content (AvgIpc) is 2.53. The molecule has 0 N–H and O–H groups in total. The Kier molecular flexibility index (Phi) is 8.31. The zero-order valence-corrected chi connectivity index (χ0v) is 20.3. The van der Waals surface area contributed by atoms with Crippen molar-refractivity contribution in [3.8, 4) is 5.75 Å². The number of thiol groups is 1. The van der Waals surface area contributed by atoms with Gasteiger partial charge in [0.1, 0.15) is 5.75 Å². The molecule has 1 aromatic carbocycles. The van der Waals surface area contributed by atoms with Gasteiger partial charge >= 0.3 is 8.56 Å². The van der Waals surface area contributed by atoms with Gasteiger partial charge < -0.3 is 8.85 Å². The minimum absolute atomic E-state index is 0.00789. The van der Waals surface area contributed by atoms with Gasteiger partial charge in [-0.2, -0.15) is 12.6 Å². The van der Waals surface area contributed by atoms with Gasteiger partial charge in [-0.05, 0) is 41.0 Å². The molecule has 150 valence electrons. The molecule has 2 atom stereocenters. The zero-order valence-electron chi connectivity index (χ0n) is 18.4. The number of rotatable bonds is 8. The minimum Gasteiger partial charge on any atom is -0.519 e. The van der Waals surface area contributed by atoms with Crippen LogP contribution in [0.1, 0.15) is 85.3 Å². The standard InChI is InChI=1S/C22H40O2SSi/c1-10-11-12-13-20(25)26(9,23-8)24-19-15-14-17(21(2,3)4)16-18(19)22(5,6)7/h14-16,20,25H,10-13H2,1-9H3. The molecule has 2 unspecified atom stereocenters. The monoisotopic (exact) mass is 396 g/mol. The highest BCUT2D eigenvalue weighted by Gasteiger charge is 2.41. The largest absolute Gasteiger partial charge is 0.519 e. The van der Waals surface area contributed by atoms with Gasteiger partial charge in [-0.25, -0.2) is 0 Å². The van der Waals surface area contributed by atoms with Crippen molar-refractivity contribution in [1.82, 2.24) is 0 Å². The first-order valence-electron chi connectivity index (χ1n) is 9.92. The van der Waals surface area contributed by atoms with Crippen molar-refractivity contribution in [2.24, 2.45) is 0 Å². The van der Waals surface area contributed by atoms with Crippen LogP contribution in [-0.4, -0.2) is 20.5 Å². The van der Waals surface area contributed by atoms with E-state index >= 15 is 0 Å². The fraction of sp³-hybridized carbons (Fsp3) is 0.727. The molecule has 0 amide bonds. The maximum Gasteiger partial charge on any atom is 0.408 e. The Labute approximate surface area is 168 Å². The van der Waals surface area contributed by atoms with Crippen molar-refractivity contribution in [3.05, 3.63) is 29.3 Å². The Hall–Kier alpha value is -0.453. The third-order valence-electron chi connectivity index (χ3n) is 5.06. The molecular formula is C22H40O2SSi. The van der Waals surface area contributed by atoms with E-state index in [2.05, 4.69) is 73.2 Å². The Morgan fingerprint density at radius 3 is 2.12 bits per heavy atom. The van der Waals surface area contributed by atoms with Crippen LogP contribution in [0.3, 0.4) is 0 Å². The molecule has 0 saturated heterocycles.